The molecule has 4 heterocycles. The minimum Gasteiger partial charge on any atom is -0.487 e. The summed E-state index contributed by atoms with van der Waals surface area (Å²) < 4.78 is 61.3. The molecule has 3 aliphatic rings. The number of halogens is 4. The van der Waals surface area contributed by atoms with Crippen molar-refractivity contribution in [2.75, 3.05) is 26.2 Å². The first-order chi connectivity index (χ1) is 20.1. The van der Waals surface area contributed by atoms with E-state index < -0.39 is 36.7 Å². The molecule has 5 rings (SSSR count). The number of fused-ring (bicyclic) bond motifs is 1. The van der Waals surface area contributed by atoms with Crippen LogP contribution in [0.2, 0.25) is 0 Å². The van der Waals surface area contributed by atoms with Gasteiger partial charge in [-0.3, -0.25) is 14.4 Å². The molecule has 14 heteroatoms. The van der Waals surface area contributed by atoms with Gasteiger partial charge in [-0.1, -0.05) is 11.3 Å². The molecule has 10 nitrogen and oxygen atoms in total. The van der Waals surface area contributed by atoms with Crippen molar-refractivity contribution in [3.05, 3.63) is 40.2 Å². The van der Waals surface area contributed by atoms with Crippen LogP contribution in [0.3, 0.4) is 0 Å². The van der Waals surface area contributed by atoms with Gasteiger partial charge >= 0.3 is 6.43 Å². The van der Waals surface area contributed by atoms with E-state index in [4.69, 9.17) is 4.74 Å². The molecule has 2 aromatic rings. The molecule has 0 radical (unpaired) electrons. The van der Waals surface area contributed by atoms with Gasteiger partial charge in [0.05, 0.1) is 6.04 Å². The molecule has 42 heavy (non-hydrogen) atoms. The molecule has 0 saturated carbocycles. The Balaban J connectivity index is 1.52. The third-order valence-electron chi connectivity index (χ3n) is 8.48. The van der Waals surface area contributed by atoms with Gasteiger partial charge in [-0.25, -0.2) is 13.5 Å². The van der Waals surface area contributed by atoms with Crippen LogP contribution in [0.1, 0.15) is 72.6 Å². The Morgan fingerprint density at radius 2 is 1.83 bits per heavy atom. The number of rotatable bonds is 8. The lowest BCUT2D eigenvalue weighted by Crippen LogP contribution is -2.57. The number of aromatic nitrogens is 3. The molecule has 1 aromatic heterocycles. The molecule has 2 atom stereocenters. The number of ether oxygens (including phenoxy) is 1. The molecule has 0 aliphatic carbocycles. The SMILES string of the molecule is Cc1ccc(OCc2nnn(C)c2C(F)F)c2c1CCN(C(=O)[C@@H]1CCCCN1C(=O)C(F)F)[C@@H]2CN1CCCC1=O. The number of hydrogen-bond acceptors (Lipinski definition) is 6. The van der Waals surface area contributed by atoms with Crippen LogP contribution in [0, 0.1) is 6.92 Å². The third-order valence-corrected chi connectivity index (χ3v) is 8.48. The number of carbonyl (C=O) groups excluding carboxylic acids is 3. The number of benzene rings is 1. The summed E-state index contributed by atoms with van der Waals surface area (Å²) in [6, 6.07) is 1.81. The Labute approximate surface area is 240 Å². The molecule has 228 valence electrons. The zero-order chi connectivity index (χ0) is 30.1. The Kier molecular flexibility index (Phi) is 8.69. The standard InChI is InChI=1S/C28H34F4N6O4/c1-16-8-9-21(42-15-18-24(25(29)30)35(2)34-33-18)23-17(16)10-13-38(20(23)14-36-11-5-7-22(36)39)27(40)19-6-3-4-12-37(19)28(41)26(31)32/h8-9,19-20,25-26H,3-7,10-15H2,1-2H3/t19-,20+/m0/s1. The van der Waals surface area contributed by atoms with Crippen molar-refractivity contribution in [2.45, 2.75) is 77.0 Å². The molecule has 0 bridgehead atoms. The largest absolute Gasteiger partial charge is 0.487 e. The summed E-state index contributed by atoms with van der Waals surface area (Å²) in [4.78, 5) is 43.4. The lowest BCUT2D eigenvalue weighted by Gasteiger charge is -2.44. The van der Waals surface area contributed by atoms with Crippen LogP contribution in [0.5, 0.6) is 5.75 Å². The van der Waals surface area contributed by atoms with Crippen molar-refractivity contribution in [1.82, 2.24) is 29.7 Å². The smallest absolute Gasteiger partial charge is 0.315 e. The van der Waals surface area contributed by atoms with Gasteiger partial charge in [0.1, 0.15) is 29.8 Å². The van der Waals surface area contributed by atoms with Crippen molar-refractivity contribution in [3.63, 3.8) is 0 Å². The second-order valence-corrected chi connectivity index (χ2v) is 11.0. The third kappa shape index (κ3) is 5.67. The first-order valence-corrected chi connectivity index (χ1v) is 14.2. The minimum absolute atomic E-state index is 0.0276. The second-order valence-electron chi connectivity index (χ2n) is 11.0. The van der Waals surface area contributed by atoms with Crippen LogP contribution in [0.25, 0.3) is 0 Å². The van der Waals surface area contributed by atoms with E-state index in [1.54, 1.807) is 15.9 Å². The van der Waals surface area contributed by atoms with E-state index in [-0.39, 0.29) is 50.0 Å². The molecule has 0 spiro atoms. The van der Waals surface area contributed by atoms with Crippen molar-refractivity contribution in [1.29, 1.82) is 0 Å². The zero-order valence-electron chi connectivity index (χ0n) is 23.6. The fraction of sp³-hybridized carbons (Fsp3) is 0.607. The summed E-state index contributed by atoms with van der Waals surface area (Å²) in [6.45, 7) is 2.60. The summed E-state index contributed by atoms with van der Waals surface area (Å²) in [7, 11) is 1.37. The number of likely N-dealkylation sites (tertiary alicyclic amines) is 2. The lowest BCUT2D eigenvalue weighted by atomic mass is 9.87. The maximum absolute atomic E-state index is 14.1. The maximum Gasteiger partial charge on any atom is 0.315 e. The van der Waals surface area contributed by atoms with E-state index in [1.165, 1.54) is 7.05 Å². The molecular formula is C28H34F4N6O4. The molecule has 3 amide bonds. The number of aryl methyl sites for hydroxylation is 2. The molecule has 0 N–H and O–H groups in total. The van der Waals surface area contributed by atoms with Crippen LogP contribution in [0.4, 0.5) is 17.6 Å². The highest BCUT2D eigenvalue weighted by molar-refractivity contribution is 5.89. The maximum atomic E-state index is 14.1. The van der Waals surface area contributed by atoms with E-state index in [2.05, 4.69) is 10.3 Å². The summed E-state index contributed by atoms with van der Waals surface area (Å²) in [6.07, 6.45) is -3.16. The molecule has 3 aliphatic heterocycles. The van der Waals surface area contributed by atoms with E-state index in [0.29, 0.717) is 50.0 Å². The fourth-order valence-electron chi connectivity index (χ4n) is 6.37. The van der Waals surface area contributed by atoms with E-state index in [1.807, 2.05) is 13.0 Å². The van der Waals surface area contributed by atoms with Crippen molar-refractivity contribution in [2.24, 2.45) is 7.05 Å². The zero-order valence-corrected chi connectivity index (χ0v) is 23.6. The highest BCUT2D eigenvalue weighted by Crippen LogP contribution is 2.41. The average molecular weight is 595 g/mol. The highest BCUT2D eigenvalue weighted by atomic mass is 19.3. The normalized spacial score (nSPS) is 21.0. The van der Waals surface area contributed by atoms with E-state index >= 15 is 0 Å². The Morgan fingerprint density at radius 1 is 1.05 bits per heavy atom. The van der Waals surface area contributed by atoms with Gasteiger partial charge in [0, 0.05) is 45.2 Å². The quantitative estimate of drug-likeness (QED) is 0.435. The number of hydrogen-bond donors (Lipinski definition) is 0. The second kappa shape index (κ2) is 12.3. The van der Waals surface area contributed by atoms with Gasteiger partial charge in [0.15, 0.2) is 0 Å². The minimum atomic E-state index is -3.22. The lowest BCUT2D eigenvalue weighted by molar-refractivity contribution is -0.156. The van der Waals surface area contributed by atoms with Gasteiger partial charge in [-0.05, 0) is 56.2 Å². The number of alkyl halides is 4. The topological polar surface area (TPSA) is 101 Å². The fourth-order valence-corrected chi connectivity index (χ4v) is 6.37. The van der Waals surface area contributed by atoms with Gasteiger partial charge in [-0.2, -0.15) is 8.78 Å². The Morgan fingerprint density at radius 3 is 2.52 bits per heavy atom. The Bertz CT molecular complexity index is 1350. The summed E-state index contributed by atoms with van der Waals surface area (Å²) in [5.74, 6) is -1.53. The van der Waals surface area contributed by atoms with Crippen LogP contribution in [0.15, 0.2) is 12.1 Å². The van der Waals surface area contributed by atoms with Crippen molar-refractivity contribution >= 4 is 17.7 Å². The van der Waals surface area contributed by atoms with Crippen molar-refractivity contribution in [3.8, 4) is 5.75 Å². The van der Waals surface area contributed by atoms with Crippen LogP contribution in [-0.2, 0) is 34.5 Å². The van der Waals surface area contributed by atoms with E-state index in [0.717, 1.165) is 20.7 Å². The summed E-state index contributed by atoms with van der Waals surface area (Å²) in [5, 5.41) is 7.52. The predicted molar refractivity (Wildman–Crippen MR) is 141 cm³/mol. The molecule has 1 aromatic carbocycles. The van der Waals surface area contributed by atoms with Gasteiger partial charge in [0.2, 0.25) is 11.8 Å². The number of carbonyl (C=O) groups is 3. The molecular weight excluding hydrogens is 560 g/mol. The Hall–Kier alpha value is -3.71. The van der Waals surface area contributed by atoms with Crippen LogP contribution in [-0.4, -0.2) is 86.1 Å². The first-order valence-electron chi connectivity index (χ1n) is 14.2. The van der Waals surface area contributed by atoms with Crippen LogP contribution >= 0.6 is 0 Å². The number of amides is 3. The van der Waals surface area contributed by atoms with E-state index in [9.17, 15) is 31.9 Å². The monoisotopic (exact) mass is 594 g/mol. The number of nitrogens with zero attached hydrogens (tertiary/aromatic N) is 6. The summed E-state index contributed by atoms with van der Waals surface area (Å²) in [5.41, 5.74) is 2.08. The molecule has 2 fully saturated rings. The first kappa shape index (κ1) is 29.8. The molecule has 0 unspecified atom stereocenters. The van der Waals surface area contributed by atoms with Gasteiger partial charge in [-0.15, -0.1) is 5.10 Å². The summed E-state index contributed by atoms with van der Waals surface area (Å²) >= 11 is 0. The highest BCUT2D eigenvalue weighted by Gasteiger charge is 2.43. The van der Waals surface area contributed by atoms with Gasteiger partial charge < -0.3 is 19.4 Å². The average Bonchev–Trinajstić information content (AvgIpc) is 3.56. The van der Waals surface area contributed by atoms with Gasteiger partial charge in [0.25, 0.3) is 12.3 Å². The van der Waals surface area contributed by atoms with Crippen molar-refractivity contribution < 1.29 is 36.7 Å². The van der Waals surface area contributed by atoms with Crippen LogP contribution < -0.4 is 4.74 Å². The number of piperidine rings is 1. The predicted octanol–water partition coefficient (Wildman–Crippen LogP) is 3.33. The molecule has 2 saturated heterocycles.